The van der Waals surface area contributed by atoms with E-state index < -0.39 is 15.8 Å². The third kappa shape index (κ3) is 4.21. The van der Waals surface area contributed by atoms with Gasteiger partial charge in [-0.05, 0) is 24.6 Å². The summed E-state index contributed by atoms with van der Waals surface area (Å²) in [6.07, 6.45) is 0.509. The van der Waals surface area contributed by atoms with Gasteiger partial charge in [-0.1, -0.05) is 6.07 Å². The van der Waals surface area contributed by atoms with Crippen LogP contribution in [0.5, 0.6) is 0 Å². The standard InChI is InChI=1S/C17H21N3O5S/c1-11(21)18-13-3-2-4-14(8-13)19-17(23)12-7-16(22)20(9-12)15-5-6-26(24,25)10-15/h2-4,8,12,15H,5-7,9-10H2,1H3,(H,18,21)(H,19,23). The molecule has 9 heteroatoms. The molecule has 140 valence electrons. The maximum Gasteiger partial charge on any atom is 0.229 e. The number of sulfone groups is 1. The van der Waals surface area contributed by atoms with E-state index in [2.05, 4.69) is 10.6 Å². The first-order valence-corrected chi connectivity index (χ1v) is 10.2. The van der Waals surface area contributed by atoms with Gasteiger partial charge >= 0.3 is 0 Å². The monoisotopic (exact) mass is 379 g/mol. The Morgan fingerprint density at radius 1 is 1.19 bits per heavy atom. The van der Waals surface area contributed by atoms with Crippen LogP contribution in [0.25, 0.3) is 0 Å². The molecule has 3 amide bonds. The van der Waals surface area contributed by atoms with Crippen molar-refractivity contribution >= 4 is 38.9 Å². The van der Waals surface area contributed by atoms with Crippen LogP contribution in [0.3, 0.4) is 0 Å². The van der Waals surface area contributed by atoms with Crippen LogP contribution in [0.2, 0.25) is 0 Å². The molecule has 2 N–H and O–H groups in total. The molecule has 1 aromatic carbocycles. The van der Waals surface area contributed by atoms with Crippen LogP contribution in [-0.2, 0) is 24.2 Å². The third-order valence-electron chi connectivity index (χ3n) is 4.63. The van der Waals surface area contributed by atoms with Gasteiger partial charge in [-0.3, -0.25) is 14.4 Å². The minimum Gasteiger partial charge on any atom is -0.338 e. The number of carbonyl (C=O) groups excluding carboxylic acids is 3. The first kappa shape index (κ1) is 18.4. The minimum absolute atomic E-state index is 0.0220. The normalized spacial score (nSPS) is 24.5. The van der Waals surface area contributed by atoms with E-state index in [4.69, 9.17) is 0 Å². The molecule has 0 saturated carbocycles. The van der Waals surface area contributed by atoms with E-state index in [-0.39, 0.29) is 48.2 Å². The molecule has 0 spiro atoms. The van der Waals surface area contributed by atoms with Crippen molar-refractivity contribution in [3.8, 4) is 0 Å². The number of benzene rings is 1. The van der Waals surface area contributed by atoms with Crippen LogP contribution >= 0.6 is 0 Å². The van der Waals surface area contributed by atoms with Crippen molar-refractivity contribution in [3.63, 3.8) is 0 Å². The van der Waals surface area contributed by atoms with Gasteiger partial charge in [0.05, 0.1) is 17.4 Å². The van der Waals surface area contributed by atoms with E-state index in [1.807, 2.05) is 0 Å². The second-order valence-electron chi connectivity index (χ2n) is 6.76. The maximum absolute atomic E-state index is 12.5. The number of hydrogen-bond acceptors (Lipinski definition) is 5. The van der Waals surface area contributed by atoms with Crippen molar-refractivity contribution in [3.05, 3.63) is 24.3 Å². The Hall–Kier alpha value is -2.42. The summed E-state index contributed by atoms with van der Waals surface area (Å²) in [4.78, 5) is 37.4. The summed E-state index contributed by atoms with van der Waals surface area (Å²) in [5.41, 5.74) is 1.09. The second-order valence-corrected chi connectivity index (χ2v) is 8.98. The molecule has 2 saturated heterocycles. The Morgan fingerprint density at radius 3 is 2.50 bits per heavy atom. The number of carbonyl (C=O) groups is 3. The molecular weight excluding hydrogens is 358 g/mol. The molecule has 2 aliphatic heterocycles. The van der Waals surface area contributed by atoms with Gasteiger partial charge in [0.15, 0.2) is 9.84 Å². The number of amides is 3. The lowest BCUT2D eigenvalue weighted by Crippen LogP contribution is -2.38. The van der Waals surface area contributed by atoms with Gasteiger partial charge < -0.3 is 15.5 Å². The summed E-state index contributed by atoms with van der Waals surface area (Å²) < 4.78 is 23.2. The van der Waals surface area contributed by atoms with Crippen molar-refractivity contribution in [2.75, 3.05) is 28.7 Å². The summed E-state index contributed by atoms with van der Waals surface area (Å²) in [5.74, 6) is -1.13. The van der Waals surface area contributed by atoms with Gasteiger partial charge in [-0.25, -0.2) is 8.42 Å². The fourth-order valence-electron chi connectivity index (χ4n) is 3.40. The SMILES string of the molecule is CC(=O)Nc1cccc(NC(=O)C2CC(=O)N(C3CCS(=O)(=O)C3)C2)c1. The Bertz CT molecular complexity index is 852. The average molecular weight is 379 g/mol. The number of nitrogens with one attached hydrogen (secondary N) is 2. The van der Waals surface area contributed by atoms with Crippen LogP contribution in [0.4, 0.5) is 11.4 Å². The Kier molecular flexibility index (Phi) is 4.99. The Morgan fingerprint density at radius 2 is 1.88 bits per heavy atom. The molecule has 3 rings (SSSR count). The van der Waals surface area contributed by atoms with Crippen molar-refractivity contribution in [2.24, 2.45) is 5.92 Å². The van der Waals surface area contributed by atoms with Crippen LogP contribution in [0, 0.1) is 5.92 Å². The summed E-state index contributed by atoms with van der Waals surface area (Å²) in [7, 11) is -3.09. The van der Waals surface area contributed by atoms with E-state index in [1.165, 1.54) is 11.8 Å². The van der Waals surface area contributed by atoms with Gasteiger partial charge in [0, 0.05) is 37.3 Å². The van der Waals surface area contributed by atoms with E-state index in [1.54, 1.807) is 24.3 Å². The molecule has 1 aromatic rings. The summed E-state index contributed by atoms with van der Waals surface area (Å²) in [5, 5.41) is 5.40. The van der Waals surface area contributed by atoms with Crippen molar-refractivity contribution < 1.29 is 22.8 Å². The number of hydrogen-bond donors (Lipinski definition) is 2. The topological polar surface area (TPSA) is 113 Å². The lowest BCUT2D eigenvalue weighted by Gasteiger charge is -2.23. The van der Waals surface area contributed by atoms with Crippen LogP contribution in [0.1, 0.15) is 19.8 Å². The first-order valence-electron chi connectivity index (χ1n) is 8.42. The largest absolute Gasteiger partial charge is 0.338 e. The molecule has 8 nitrogen and oxygen atoms in total. The number of anilines is 2. The molecule has 2 unspecified atom stereocenters. The highest BCUT2D eigenvalue weighted by atomic mass is 32.2. The molecule has 2 aliphatic rings. The van der Waals surface area contributed by atoms with Crippen molar-refractivity contribution in [1.82, 2.24) is 4.90 Å². The molecule has 26 heavy (non-hydrogen) atoms. The zero-order valence-electron chi connectivity index (χ0n) is 14.4. The fourth-order valence-corrected chi connectivity index (χ4v) is 5.13. The van der Waals surface area contributed by atoms with Crippen molar-refractivity contribution in [2.45, 2.75) is 25.8 Å². The fraction of sp³-hybridized carbons (Fsp3) is 0.471. The maximum atomic E-state index is 12.5. The van der Waals surface area contributed by atoms with Gasteiger partial charge in [0.25, 0.3) is 0 Å². The van der Waals surface area contributed by atoms with Gasteiger partial charge in [-0.15, -0.1) is 0 Å². The van der Waals surface area contributed by atoms with E-state index in [0.29, 0.717) is 17.8 Å². The first-order chi connectivity index (χ1) is 12.2. The highest BCUT2D eigenvalue weighted by Crippen LogP contribution is 2.27. The second kappa shape index (κ2) is 7.06. The minimum atomic E-state index is -3.09. The van der Waals surface area contributed by atoms with Gasteiger partial charge in [-0.2, -0.15) is 0 Å². The summed E-state index contributed by atoms with van der Waals surface area (Å²) >= 11 is 0. The molecule has 2 fully saturated rings. The highest BCUT2D eigenvalue weighted by Gasteiger charge is 2.41. The zero-order valence-corrected chi connectivity index (χ0v) is 15.2. The van der Waals surface area contributed by atoms with Crippen LogP contribution < -0.4 is 10.6 Å². The molecule has 2 heterocycles. The molecule has 0 bridgehead atoms. The predicted molar refractivity (Wildman–Crippen MR) is 96.3 cm³/mol. The zero-order chi connectivity index (χ0) is 18.9. The van der Waals surface area contributed by atoms with Crippen LogP contribution in [0.15, 0.2) is 24.3 Å². The highest BCUT2D eigenvalue weighted by molar-refractivity contribution is 7.91. The summed E-state index contributed by atoms with van der Waals surface area (Å²) in [6.45, 7) is 1.63. The number of likely N-dealkylation sites (tertiary alicyclic amines) is 1. The number of rotatable bonds is 4. The molecule has 0 radical (unpaired) electrons. The van der Waals surface area contributed by atoms with Gasteiger partial charge in [0.1, 0.15) is 0 Å². The predicted octanol–water partition coefficient (Wildman–Crippen LogP) is 0.619. The number of nitrogens with zero attached hydrogens (tertiary/aromatic N) is 1. The summed E-state index contributed by atoms with van der Waals surface area (Å²) in [6, 6.07) is 6.42. The van der Waals surface area contributed by atoms with E-state index >= 15 is 0 Å². The van der Waals surface area contributed by atoms with E-state index in [9.17, 15) is 22.8 Å². The molecule has 2 atom stereocenters. The van der Waals surface area contributed by atoms with Crippen LogP contribution in [-0.4, -0.2) is 55.1 Å². The van der Waals surface area contributed by atoms with Gasteiger partial charge in [0.2, 0.25) is 17.7 Å². The molecular formula is C17H21N3O5S. The molecule has 0 aliphatic carbocycles. The third-order valence-corrected chi connectivity index (χ3v) is 6.38. The lowest BCUT2D eigenvalue weighted by atomic mass is 10.1. The Balaban J connectivity index is 1.62. The van der Waals surface area contributed by atoms with E-state index in [0.717, 1.165) is 0 Å². The molecule has 0 aromatic heterocycles. The average Bonchev–Trinajstić information content (AvgIpc) is 3.09. The smallest absolute Gasteiger partial charge is 0.229 e. The Labute approximate surface area is 151 Å². The lowest BCUT2D eigenvalue weighted by molar-refractivity contribution is -0.129. The quantitative estimate of drug-likeness (QED) is 0.796. The van der Waals surface area contributed by atoms with Crippen molar-refractivity contribution in [1.29, 1.82) is 0 Å².